The number of sulfonamides is 1. The molecule has 146 valence electrons. The Bertz CT molecular complexity index is 1140. The van der Waals surface area contributed by atoms with Crippen LogP contribution in [0.2, 0.25) is 0 Å². The number of pyridine rings is 1. The molecule has 0 unspecified atom stereocenters. The molecular weight excluding hydrogens is 404 g/mol. The van der Waals surface area contributed by atoms with Gasteiger partial charge in [0, 0.05) is 25.4 Å². The lowest BCUT2D eigenvalue weighted by Gasteiger charge is -2.26. The maximum absolute atomic E-state index is 12.8. The molecule has 3 heterocycles. The van der Waals surface area contributed by atoms with Crippen LogP contribution >= 0.6 is 11.8 Å². The second-order valence-corrected chi connectivity index (χ2v) is 8.99. The topological polar surface area (TPSA) is 107 Å². The molecule has 2 aromatic heterocycles. The Kier molecular flexibility index (Phi) is 5.06. The van der Waals surface area contributed by atoms with Gasteiger partial charge < -0.3 is 4.74 Å². The summed E-state index contributed by atoms with van der Waals surface area (Å²) in [5, 5.41) is 12.2. The van der Waals surface area contributed by atoms with E-state index in [1.807, 2.05) is 28.8 Å². The van der Waals surface area contributed by atoms with Crippen LogP contribution < -0.4 is 0 Å². The van der Waals surface area contributed by atoms with Gasteiger partial charge in [0.25, 0.3) is 5.69 Å². The van der Waals surface area contributed by atoms with Crippen LogP contribution in [0, 0.1) is 10.1 Å². The maximum Gasteiger partial charge on any atom is 0.284 e. The molecule has 1 fully saturated rings. The highest BCUT2D eigenvalue weighted by molar-refractivity contribution is 7.99. The van der Waals surface area contributed by atoms with Crippen molar-refractivity contribution in [1.29, 1.82) is 0 Å². The highest BCUT2D eigenvalue weighted by Gasteiger charge is 2.29. The molecule has 0 bridgehead atoms. The fraction of sp³-hybridized carbons (Fsp3) is 0.235. The Labute approximate surface area is 165 Å². The number of fused-ring (bicyclic) bond motifs is 1. The zero-order valence-corrected chi connectivity index (χ0v) is 16.2. The summed E-state index contributed by atoms with van der Waals surface area (Å²) in [7, 11) is -3.81. The van der Waals surface area contributed by atoms with Crippen molar-refractivity contribution in [3.8, 4) is 0 Å². The number of imidazole rings is 1. The fourth-order valence-corrected chi connectivity index (χ4v) is 5.29. The molecular formula is C17H16N4O5S2. The molecule has 4 rings (SSSR count). The predicted molar refractivity (Wildman–Crippen MR) is 102 cm³/mol. The first-order valence-electron chi connectivity index (χ1n) is 8.43. The lowest BCUT2D eigenvalue weighted by Crippen LogP contribution is -2.40. The minimum Gasteiger partial charge on any atom is -0.379 e. The number of ether oxygens (including phenoxy) is 1. The number of hydrogen-bond acceptors (Lipinski definition) is 7. The number of nitro benzene ring substituents is 1. The number of nitrogens with zero attached hydrogens (tertiary/aromatic N) is 4. The van der Waals surface area contributed by atoms with Crippen LogP contribution in [0.4, 0.5) is 5.69 Å². The average molecular weight is 420 g/mol. The zero-order chi connectivity index (χ0) is 19.7. The van der Waals surface area contributed by atoms with Gasteiger partial charge in [0.15, 0.2) is 5.16 Å². The van der Waals surface area contributed by atoms with Crippen molar-refractivity contribution in [2.45, 2.75) is 14.9 Å². The van der Waals surface area contributed by atoms with Gasteiger partial charge in [-0.05, 0) is 36.0 Å². The van der Waals surface area contributed by atoms with Gasteiger partial charge in [-0.2, -0.15) is 4.31 Å². The van der Waals surface area contributed by atoms with E-state index in [4.69, 9.17) is 4.74 Å². The third kappa shape index (κ3) is 3.49. The van der Waals surface area contributed by atoms with Gasteiger partial charge in [-0.1, -0.05) is 6.07 Å². The molecule has 0 amide bonds. The molecule has 0 atom stereocenters. The van der Waals surface area contributed by atoms with E-state index in [0.29, 0.717) is 23.3 Å². The summed E-state index contributed by atoms with van der Waals surface area (Å²) < 4.78 is 33.9. The van der Waals surface area contributed by atoms with Gasteiger partial charge in [-0.15, -0.1) is 0 Å². The number of morpholine rings is 1. The molecule has 1 aromatic carbocycles. The number of aromatic nitrogens is 2. The fourth-order valence-electron chi connectivity index (χ4n) is 2.92. The lowest BCUT2D eigenvalue weighted by atomic mass is 10.3. The van der Waals surface area contributed by atoms with Crippen LogP contribution in [0.5, 0.6) is 0 Å². The Morgan fingerprint density at radius 2 is 1.96 bits per heavy atom. The summed E-state index contributed by atoms with van der Waals surface area (Å²) in [5.41, 5.74) is 0.589. The molecule has 9 nitrogen and oxygen atoms in total. The molecule has 1 aliphatic heterocycles. The Hall–Kier alpha value is -2.47. The first kappa shape index (κ1) is 18.9. The summed E-state index contributed by atoms with van der Waals surface area (Å²) in [5.74, 6) is 0. The summed E-state index contributed by atoms with van der Waals surface area (Å²) in [6.07, 6.45) is 3.49. The van der Waals surface area contributed by atoms with Crippen LogP contribution in [0.1, 0.15) is 0 Å². The quantitative estimate of drug-likeness (QED) is 0.461. The van der Waals surface area contributed by atoms with Crippen LogP contribution in [0.15, 0.2) is 63.7 Å². The number of nitro groups is 1. The first-order chi connectivity index (χ1) is 13.5. The maximum atomic E-state index is 12.8. The van der Waals surface area contributed by atoms with Crippen LogP contribution in [0.3, 0.4) is 0 Å². The molecule has 1 saturated heterocycles. The highest BCUT2D eigenvalue weighted by Crippen LogP contribution is 2.36. The lowest BCUT2D eigenvalue weighted by molar-refractivity contribution is -0.388. The Morgan fingerprint density at radius 1 is 1.18 bits per heavy atom. The van der Waals surface area contributed by atoms with Gasteiger partial charge in [-0.3, -0.25) is 14.5 Å². The molecule has 1 aliphatic rings. The van der Waals surface area contributed by atoms with Gasteiger partial charge in [0.1, 0.15) is 0 Å². The third-order valence-electron chi connectivity index (χ3n) is 4.34. The SMILES string of the molecule is O=[N+]([O-])c1cc(S(=O)(=O)N2CCOCC2)ccc1Sc1ncc2ccccn12. The summed E-state index contributed by atoms with van der Waals surface area (Å²) in [6.45, 7) is 1.07. The van der Waals surface area contributed by atoms with Crippen molar-refractivity contribution in [2.24, 2.45) is 0 Å². The van der Waals surface area contributed by atoms with Crippen LogP contribution in [-0.4, -0.2) is 53.3 Å². The first-order valence-corrected chi connectivity index (χ1v) is 10.7. The normalized spacial score (nSPS) is 15.7. The van der Waals surface area contributed by atoms with Crippen molar-refractivity contribution in [1.82, 2.24) is 13.7 Å². The molecule has 3 aromatic rings. The standard InChI is InChI=1S/C17H16N4O5S2/c22-21(23)15-11-14(28(24,25)19-7-9-26-10-8-19)4-5-16(15)27-17-18-12-13-3-1-2-6-20(13)17/h1-6,11-12H,7-10H2. The second-order valence-electron chi connectivity index (χ2n) is 6.04. The molecule has 0 saturated carbocycles. The Balaban J connectivity index is 1.70. The van der Waals surface area contributed by atoms with Crippen LogP contribution in [0.25, 0.3) is 5.52 Å². The van der Waals surface area contributed by atoms with E-state index in [9.17, 15) is 18.5 Å². The van der Waals surface area contributed by atoms with E-state index in [2.05, 4.69) is 4.98 Å². The van der Waals surface area contributed by atoms with E-state index in [1.54, 1.807) is 6.20 Å². The summed E-state index contributed by atoms with van der Waals surface area (Å²) >= 11 is 1.12. The number of benzene rings is 1. The minimum absolute atomic E-state index is 0.0987. The molecule has 0 aliphatic carbocycles. The summed E-state index contributed by atoms with van der Waals surface area (Å²) in [4.78, 5) is 15.6. The van der Waals surface area contributed by atoms with Gasteiger partial charge in [0.2, 0.25) is 10.0 Å². The molecule has 28 heavy (non-hydrogen) atoms. The Morgan fingerprint density at radius 3 is 2.71 bits per heavy atom. The van der Waals surface area contributed by atoms with Crippen molar-refractivity contribution < 1.29 is 18.1 Å². The van der Waals surface area contributed by atoms with E-state index >= 15 is 0 Å². The van der Waals surface area contributed by atoms with E-state index in [1.165, 1.54) is 16.4 Å². The van der Waals surface area contributed by atoms with Gasteiger partial charge >= 0.3 is 0 Å². The largest absolute Gasteiger partial charge is 0.379 e. The van der Waals surface area contributed by atoms with Crippen molar-refractivity contribution in [3.05, 3.63) is 58.9 Å². The number of hydrogen-bond donors (Lipinski definition) is 0. The monoisotopic (exact) mass is 420 g/mol. The van der Waals surface area contributed by atoms with E-state index in [0.717, 1.165) is 23.3 Å². The smallest absolute Gasteiger partial charge is 0.284 e. The van der Waals surface area contributed by atoms with Crippen molar-refractivity contribution >= 4 is 33.0 Å². The second kappa shape index (κ2) is 7.51. The van der Waals surface area contributed by atoms with Gasteiger partial charge in [-0.25, -0.2) is 13.4 Å². The molecule has 0 radical (unpaired) electrons. The van der Waals surface area contributed by atoms with Crippen molar-refractivity contribution in [2.75, 3.05) is 26.3 Å². The summed E-state index contributed by atoms with van der Waals surface area (Å²) in [6, 6.07) is 9.56. The van der Waals surface area contributed by atoms with E-state index < -0.39 is 14.9 Å². The molecule has 11 heteroatoms. The van der Waals surface area contributed by atoms with Gasteiger partial charge in [0.05, 0.1) is 39.6 Å². The highest BCUT2D eigenvalue weighted by atomic mass is 32.2. The van der Waals surface area contributed by atoms with E-state index in [-0.39, 0.29) is 23.7 Å². The molecule has 0 N–H and O–H groups in total. The number of rotatable bonds is 5. The zero-order valence-electron chi connectivity index (χ0n) is 14.6. The third-order valence-corrected chi connectivity index (χ3v) is 7.29. The average Bonchev–Trinajstić information content (AvgIpc) is 3.11. The van der Waals surface area contributed by atoms with Crippen molar-refractivity contribution in [3.63, 3.8) is 0 Å². The predicted octanol–water partition coefficient (Wildman–Crippen LogP) is 2.41. The van der Waals surface area contributed by atoms with Crippen LogP contribution in [-0.2, 0) is 14.8 Å². The molecule has 0 spiro atoms. The minimum atomic E-state index is -3.81.